The Kier molecular flexibility index (Phi) is 8.65. The fraction of sp³-hybridized carbons (Fsp3) is 0.391. The fourth-order valence-electron chi connectivity index (χ4n) is 3.03. The molecule has 1 N–H and O–H groups in total. The highest BCUT2D eigenvalue weighted by molar-refractivity contribution is 6.31. The second-order valence-electron chi connectivity index (χ2n) is 7.48. The number of carbonyl (C=O) groups excluding carboxylic acids is 2. The van der Waals surface area contributed by atoms with Gasteiger partial charge in [-0.1, -0.05) is 62.7 Å². The molecule has 0 aliphatic carbocycles. The SMILES string of the molecule is CCC(C(=O)NCC(C)C)N(Cc1ccccc1Cl)C(=O)Cc1ccc(F)cc1. The van der Waals surface area contributed by atoms with Crippen molar-refractivity contribution in [3.8, 4) is 0 Å². The molecule has 0 aromatic heterocycles. The van der Waals surface area contributed by atoms with E-state index < -0.39 is 6.04 Å². The molecule has 2 aromatic rings. The summed E-state index contributed by atoms with van der Waals surface area (Å²) in [5, 5.41) is 3.47. The molecule has 6 heteroatoms. The summed E-state index contributed by atoms with van der Waals surface area (Å²) in [5.41, 5.74) is 1.47. The Morgan fingerprint density at radius 2 is 1.76 bits per heavy atom. The Labute approximate surface area is 177 Å². The first-order valence-electron chi connectivity index (χ1n) is 9.86. The van der Waals surface area contributed by atoms with Gasteiger partial charge in [0, 0.05) is 18.1 Å². The quantitative estimate of drug-likeness (QED) is 0.646. The van der Waals surface area contributed by atoms with Gasteiger partial charge in [0.1, 0.15) is 11.9 Å². The number of amides is 2. The van der Waals surface area contributed by atoms with Crippen molar-refractivity contribution in [1.29, 1.82) is 0 Å². The number of rotatable bonds is 9. The zero-order valence-corrected chi connectivity index (χ0v) is 17.9. The van der Waals surface area contributed by atoms with Gasteiger partial charge in [0.2, 0.25) is 11.8 Å². The van der Waals surface area contributed by atoms with Gasteiger partial charge in [-0.2, -0.15) is 0 Å². The van der Waals surface area contributed by atoms with Crippen LogP contribution in [0.1, 0.15) is 38.3 Å². The van der Waals surface area contributed by atoms with Crippen molar-refractivity contribution in [3.63, 3.8) is 0 Å². The number of benzene rings is 2. The molecule has 0 spiro atoms. The normalized spacial score (nSPS) is 11.9. The molecule has 0 radical (unpaired) electrons. The molecule has 0 fully saturated rings. The lowest BCUT2D eigenvalue weighted by Crippen LogP contribution is -2.50. The van der Waals surface area contributed by atoms with Crippen LogP contribution in [0.5, 0.6) is 0 Å². The maximum Gasteiger partial charge on any atom is 0.242 e. The first kappa shape index (κ1) is 22.9. The molecular weight excluding hydrogens is 391 g/mol. The third kappa shape index (κ3) is 6.86. The highest BCUT2D eigenvalue weighted by Gasteiger charge is 2.29. The van der Waals surface area contributed by atoms with E-state index >= 15 is 0 Å². The minimum atomic E-state index is -0.613. The Bertz CT molecular complexity index is 824. The van der Waals surface area contributed by atoms with E-state index in [0.717, 1.165) is 5.56 Å². The highest BCUT2D eigenvalue weighted by Crippen LogP contribution is 2.20. The minimum absolute atomic E-state index is 0.0820. The molecule has 1 unspecified atom stereocenters. The van der Waals surface area contributed by atoms with Gasteiger partial charge in [0.25, 0.3) is 0 Å². The summed E-state index contributed by atoms with van der Waals surface area (Å²) in [5.74, 6) is -0.430. The van der Waals surface area contributed by atoms with Crippen LogP contribution in [0.4, 0.5) is 4.39 Å². The molecule has 0 heterocycles. The molecule has 4 nitrogen and oxygen atoms in total. The van der Waals surface area contributed by atoms with Crippen LogP contribution in [-0.4, -0.2) is 29.3 Å². The smallest absolute Gasteiger partial charge is 0.242 e. The first-order valence-corrected chi connectivity index (χ1v) is 10.2. The largest absolute Gasteiger partial charge is 0.354 e. The van der Waals surface area contributed by atoms with Crippen molar-refractivity contribution >= 4 is 23.4 Å². The summed E-state index contributed by atoms with van der Waals surface area (Å²) in [6.45, 7) is 6.68. The van der Waals surface area contributed by atoms with Crippen LogP contribution in [0.3, 0.4) is 0 Å². The molecule has 0 aliphatic rings. The summed E-state index contributed by atoms with van der Waals surface area (Å²) < 4.78 is 13.2. The van der Waals surface area contributed by atoms with E-state index in [2.05, 4.69) is 5.32 Å². The van der Waals surface area contributed by atoms with Gasteiger partial charge >= 0.3 is 0 Å². The number of nitrogens with one attached hydrogen (secondary N) is 1. The molecule has 0 saturated heterocycles. The maximum atomic E-state index is 13.2. The molecule has 156 valence electrons. The van der Waals surface area contributed by atoms with Crippen molar-refractivity contribution in [2.45, 2.75) is 46.2 Å². The van der Waals surface area contributed by atoms with E-state index in [1.165, 1.54) is 12.1 Å². The molecular formula is C23H28ClFN2O2. The highest BCUT2D eigenvalue weighted by atomic mass is 35.5. The maximum absolute atomic E-state index is 13.2. The number of nitrogens with zero attached hydrogens (tertiary/aromatic N) is 1. The molecule has 1 atom stereocenters. The number of carbonyl (C=O) groups is 2. The van der Waals surface area contributed by atoms with Crippen LogP contribution in [0, 0.1) is 11.7 Å². The topological polar surface area (TPSA) is 49.4 Å². The molecule has 0 aliphatic heterocycles. The molecule has 2 amide bonds. The number of hydrogen-bond acceptors (Lipinski definition) is 2. The molecule has 29 heavy (non-hydrogen) atoms. The predicted octanol–water partition coefficient (Wildman–Crippen LogP) is 4.60. The van der Waals surface area contributed by atoms with Gasteiger partial charge in [-0.25, -0.2) is 4.39 Å². The van der Waals surface area contributed by atoms with Gasteiger partial charge in [0.05, 0.1) is 6.42 Å². The lowest BCUT2D eigenvalue weighted by molar-refractivity contribution is -0.141. The molecule has 2 aromatic carbocycles. The summed E-state index contributed by atoms with van der Waals surface area (Å²) in [6, 6.07) is 12.5. The first-order chi connectivity index (χ1) is 13.8. The average molecular weight is 419 g/mol. The predicted molar refractivity (Wildman–Crippen MR) is 114 cm³/mol. The van der Waals surface area contributed by atoms with E-state index in [9.17, 15) is 14.0 Å². The van der Waals surface area contributed by atoms with E-state index in [1.807, 2.05) is 39.0 Å². The van der Waals surface area contributed by atoms with E-state index in [4.69, 9.17) is 11.6 Å². The fourth-order valence-corrected chi connectivity index (χ4v) is 3.23. The lowest BCUT2D eigenvalue weighted by Gasteiger charge is -2.31. The Morgan fingerprint density at radius 3 is 2.34 bits per heavy atom. The Hall–Kier alpha value is -2.40. The van der Waals surface area contributed by atoms with Crippen molar-refractivity contribution in [3.05, 3.63) is 70.5 Å². The summed E-state index contributed by atoms with van der Waals surface area (Å²) in [6.07, 6.45) is 0.558. The second-order valence-corrected chi connectivity index (χ2v) is 7.89. The van der Waals surface area contributed by atoms with Gasteiger partial charge in [-0.05, 0) is 41.7 Å². The molecule has 2 rings (SSSR count). The van der Waals surface area contributed by atoms with Crippen molar-refractivity contribution in [2.24, 2.45) is 5.92 Å². The van der Waals surface area contributed by atoms with Crippen LogP contribution in [-0.2, 0) is 22.6 Å². The third-order valence-corrected chi connectivity index (χ3v) is 5.01. The van der Waals surface area contributed by atoms with Crippen molar-refractivity contribution in [1.82, 2.24) is 10.2 Å². The molecule has 0 bridgehead atoms. The van der Waals surface area contributed by atoms with Crippen LogP contribution < -0.4 is 5.32 Å². The standard InChI is InChI=1S/C23H28ClFN2O2/c1-4-21(23(29)26-14-16(2)3)27(15-18-7-5-6-8-20(18)24)22(28)13-17-9-11-19(25)12-10-17/h5-12,16,21H,4,13-15H2,1-3H3,(H,26,29). The second kappa shape index (κ2) is 11.0. The van der Waals surface area contributed by atoms with Gasteiger partial charge in [-0.3, -0.25) is 9.59 Å². The van der Waals surface area contributed by atoms with Crippen LogP contribution >= 0.6 is 11.6 Å². The molecule has 0 saturated carbocycles. The monoisotopic (exact) mass is 418 g/mol. The van der Waals surface area contributed by atoms with Crippen LogP contribution in [0.25, 0.3) is 0 Å². The summed E-state index contributed by atoms with van der Waals surface area (Å²) in [4.78, 5) is 27.5. The van der Waals surface area contributed by atoms with Gasteiger partial charge in [0.15, 0.2) is 0 Å². The third-order valence-electron chi connectivity index (χ3n) is 4.64. The Balaban J connectivity index is 2.27. The number of halogens is 2. The number of hydrogen-bond donors (Lipinski definition) is 1. The lowest BCUT2D eigenvalue weighted by atomic mass is 10.1. The van der Waals surface area contributed by atoms with Crippen molar-refractivity contribution in [2.75, 3.05) is 6.54 Å². The van der Waals surface area contributed by atoms with E-state index in [1.54, 1.807) is 23.1 Å². The zero-order chi connectivity index (χ0) is 21.4. The van der Waals surface area contributed by atoms with Gasteiger partial charge in [-0.15, -0.1) is 0 Å². The average Bonchev–Trinajstić information content (AvgIpc) is 2.69. The van der Waals surface area contributed by atoms with Crippen LogP contribution in [0.15, 0.2) is 48.5 Å². The Morgan fingerprint density at radius 1 is 1.10 bits per heavy atom. The summed E-state index contributed by atoms with van der Waals surface area (Å²) in [7, 11) is 0. The zero-order valence-electron chi connectivity index (χ0n) is 17.1. The minimum Gasteiger partial charge on any atom is -0.354 e. The van der Waals surface area contributed by atoms with E-state index in [0.29, 0.717) is 29.5 Å². The summed E-state index contributed by atoms with van der Waals surface area (Å²) >= 11 is 6.30. The van der Waals surface area contributed by atoms with Crippen LogP contribution in [0.2, 0.25) is 5.02 Å². The van der Waals surface area contributed by atoms with Gasteiger partial charge < -0.3 is 10.2 Å². The van der Waals surface area contributed by atoms with Crippen molar-refractivity contribution < 1.29 is 14.0 Å². The van der Waals surface area contributed by atoms with E-state index in [-0.39, 0.29) is 30.6 Å².